The molecule has 1 aromatic rings. The highest BCUT2D eigenvalue weighted by Gasteiger charge is 2.36. The van der Waals surface area contributed by atoms with Crippen LogP contribution < -0.4 is 4.90 Å². The summed E-state index contributed by atoms with van der Waals surface area (Å²) in [6.45, 7) is 5.49. The lowest BCUT2D eigenvalue weighted by molar-refractivity contribution is -0.138. The summed E-state index contributed by atoms with van der Waals surface area (Å²) >= 11 is 5.60. The van der Waals surface area contributed by atoms with Gasteiger partial charge in [-0.05, 0) is 31.5 Å². The molecule has 0 aliphatic carbocycles. The second-order valence-electron chi connectivity index (χ2n) is 5.49. The Labute approximate surface area is 121 Å². The molecule has 2 nitrogen and oxygen atoms in total. The van der Waals surface area contributed by atoms with Gasteiger partial charge >= 0.3 is 6.18 Å². The molecule has 2 rings (SSSR count). The van der Waals surface area contributed by atoms with Crippen molar-refractivity contribution >= 4 is 17.3 Å². The Bertz CT molecular complexity index is 488. The van der Waals surface area contributed by atoms with Gasteiger partial charge in [0.25, 0.3) is 0 Å². The van der Waals surface area contributed by atoms with Crippen LogP contribution in [0.15, 0.2) is 18.2 Å². The molecule has 1 aromatic carbocycles. The lowest BCUT2D eigenvalue weighted by atomic mass is 9.99. The van der Waals surface area contributed by atoms with E-state index in [1.165, 1.54) is 12.1 Å². The average Bonchev–Trinajstić information content (AvgIpc) is 2.36. The van der Waals surface area contributed by atoms with E-state index in [2.05, 4.69) is 0 Å². The fraction of sp³-hybridized carbons (Fsp3) is 0.571. The van der Waals surface area contributed by atoms with E-state index in [4.69, 9.17) is 16.3 Å². The van der Waals surface area contributed by atoms with E-state index in [-0.39, 0.29) is 17.0 Å². The third-order valence-corrected chi connectivity index (χ3v) is 3.79. The zero-order valence-electron chi connectivity index (χ0n) is 11.4. The minimum absolute atomic E-state index is 0.106. The zero-order valence-corrected chi connectivity index (χ0v) is 12.2. The van der Waals surface area contributed by atoms with E-state index in [1.54, 1.807) is 6.07 Å². The smallest absolute Gasteiger partial charge is 0.377 e. The van der Waals surface area contributed by atoms with Crippen molar-refractivity contribution in [3.8, 4) is 0 Å². The van der Waals surface area contributed by atoms with Crippen LogP contribution in [0.3, 0.4) is 0 Å². The molecule has 20 heavy (non-hydrogen) atoms. The number of rotatable bonds is 2. The maximum absolute atomic E-state index is 13.1. The van der Waals surface area contributed by atoms with Gasteiger partial charge < -0.3 is 9.64 Å². The highest BCUT2D eigenvalue weighted by atomic mass is 35.5. The molecule has 0 N–H and O–H groups in total. The summed E-state index contributed by atoms with van der Waals surface area (Å²) in [6.07, 6.45) is -4.39. The van der Waals surface area contributed by atoms with Crippen LogP contribution in [0.25, 0.3) is 0 Å². The molecule has 0 atom stereocenters. The fourth-order valence-corrected chi connectivity index (χ4v) is 2.68. The van der Waals surface area contributed by atoms with Crippen LogP contribution in [0.4, 0.5) is 18.9 Å². The van der Waals surface area contributed by atoms with Gasteiger partial charge in [0, 0.05) is 18.1 Å². The standard InChI is InChI=1S/C14H17ClF3NO/c1-13(2)9-20-6-5-19(13)11-4-3-10(8-15)12(7-11)14(16,17)18/h3-4,7H,5-6,8-9H2,1-2H3. The molecule has 0 bridgehead atoms. The summed E-state index contributed by atoms with van der Waals surface area (Å²) in [7, 11) is 0. The number of hydrogen-bond acceptors (Lipinski definition) is 2. The van der Waals surface area contributed by atoms with Crippen LogP contribution in [0.1, 0.15) is 25.0 Å². The highest BCUT2D eigenvalue weighted by molar-refractivity contribution is 6.17. The number of halogens is 4. The molecule has 0 aromatic heterocycles. The van der Waals surface area contributed by atoms with E-state index in [9.17, 15) is 13.2 Å². The number of ether oxygens (including phenoxy) is 1. The van der Waals surface area contributed by atoms with Crippen LogP contribution >= 0.6 is 11.6 Å². The predicted octanol–water partition coefficient (Wildman–Crippen LogP) is 4.06. The average molecular weight is 308 g/mol. The van der Waals surface area contributed by atoms with Gasteiger partial charge in [-0.1, -0.05) is 6.07 Å². The van der Waals surface area contributed by atoms with Crippen molar-refractivity contribution in [3.05, 3.63) is 29.3 Å². The molecule has 1 aliphatic rings. The van der Waals surface area contributed by atoms with Gasteiger partial charge in [-0.2, -0.15) is 13.2 Å². The lowest BCUT2D eigenvalue weighted by Gasteiger charge is -2.44. The molecule has 1 saturated heterocycles. The first-order valence-corrected chi connectivity index (χ1v) is 6.90. The molecule has 0 unspecified atom stereocenters. The van der Waals surface area contributed by atoms with Crippen molar-refractivity contribution in [1.82, 2.24) is 0 Å². The first-order valence-electron chi connectivity index (χ1n) is 6.37. The van der Waals surface area contributed by atoms with Crippen molar-refractivity contribution in [2.75, 3.05) is 24.7 Å². The highest BCUT2D eigenvalue weighted by Crippen LogP contribution is 2.37. The van der Waals surface area contributed by atoms with Crippen LogP contribution in [0.2, 0.25) is 0 Å². The number of hydrogen-bond donors (Lipinski definition) is 0. The number of benzene rings is 1. The quantitative estimate of drug-likeness (QED) is 0.764. The van der Waals surface area contributed by atoms with E-state index in [1.807, 2.05) is 18.7 Å². The molecule has 1 fully saturated rings. The summed E-state index contributed by atoms with van der Waals surface area (Å²) in [5.41, 5.74) is -0.329. The third kappa shape index (κ3) is 3.04. The topological polar surface area (TPSA) is 12.5 Å². The third-order valence-electron chi connectivity index (χ3n) is 3.50. The normalized spacial score (nSPS) is 19.2. The van der Waals surface area contributed by atoms with Gasteiger partial charge in [-0.3, -0.25) is 0 Å². The number of anilines is 1. The second-order valence-corrected chi connectivity index (χ2v) is 5.76. The largest absolute Gasteiger partial charge is 0.416 e. The van der Waals surface area contributed by atoms with Crippen LogP contribution in [0, 0.1) is 0 Å². The Hall–Kier alpha value is -0.940. The van der Waals surface area contributed by atoms with Crippen molar-refractivity contribution < 1.29 is 17.9 Å². The Morgan fingerprint density at radius 2 is 2.05 bits per heavy atom. The molecule has 0 radical (unpaired) electrons. The van der Waals surface area contributed by atoms with Crippen molar-refractivity contribution in [3.63, 3.8) is 0 Å². The maximum Gasteiger partial charge on any atom is 0.416 e. The van der Waals surface area contributed by atoms with Crippen molar-refractivity contribution in [2.24, 2.45) is 0 Å². The van der Waals surface area contributed by atoms with Gasteiger partial charge in [0.15, 0.2) is 0 Å². The van der Waals surface area contributed by atoms with E-state index >= 15 is 0 Å². The SMILES string of the molecule is CC1(C)COCCN1c1ccc(CCl)c(C(F)(F)F)c1. The molecular weight excluding hydrogens is 291 g/mol. The first-order chi connectivity index (χ1) is 9.25. The first kappa shape index (κ1) is 15.4. The second kappa shape index (κ2) is 5.45. The van der Waals surface area contributed by atoms with Crippen LogP contribution in [-0.4, -0.2) is 25.3 Å². The summed E-state index contributed by atoms with van der Waals surface area (Å²) in [4.78, 5) is 1.95. The Balaban J connectivity index is 2.43. The number of alkyl halides is 4. The van der Waals surface area contributed by atoms with Gasteiger partial charge in [0.2, 0.25) is 0 Å². The molecule has 6 heteroatoms. The maximum atomic E-state index is 13.1. The monoisotopic (exact) mass is 307 g/mol. The van der Waals surface area contributed by atoms with Gasteiger partial charge in [0.05, 0.1) is 24.3 Å². The van der Waals surface area contributed by atoms with E-state index in [0.29, 0.717) is 25.4 Å². The minimum Gasteiger partial charge on any atom is -0.377 e. The molecule has 0 saturated carbocycles. The summed E-state index contributed by atoms with van der Waals surface area (Å²) < 4.78 is 44.6. The summed E-state index contributed by atoms with van der Waals surface area (Å²) in [5, 5.41) is 0. The van der Waals surface area contributed by atoms with Crippen LogP contribution in [0.5, 0.6) is 0 Å². The minimum atomic E-state index is -4.39. The summed E-state index contributed by atoms with van der Waals surface area (Å²) in [5.74, 6) is -0.151. The van der Waals surface area contributed by atoms with E-state index < -0.39 is 11.7 Å². The van der Waals surface area contributed by atoms with Crippen LogP contribution in [-0.2, 0) is 16.8 Å². The van der Waals surface area contributed by atoms with Gasteiger partial charge in [0.1, 0.15) is 0 Å². The number of morpholine rings is 1. The Morgan fingerprint density at radius 3 is 2.60 bits per heavy atom. The predicted molar refractivity (Wildman–Crippen MR) is 73.2 cm³/mol. The zero-order chi connectivity index (χ0) is 15.0. The Morgan fingerprint density at radius 1 is 1.35 bits per heavy atom. The molecule has 1 aliphatic heterocycles. The molecular formula is C14H17ClF3NO. The molecule has 0 spiro atoms. The van der Waals surface area contributed by atoms with Gasteiger partial charge in [-0.15, -0.1) is 11.6 Å². The lowest BCUT2D eigenvalue weighted by Crippen LogP contribution is -2.53. The Kier molecular flexibility index (Phi) is 4.21. The van der Waals surface area contributed by atoms with E-state index in [0.717, 1.165) is 0 Å². The van der Waals surface area contributed by atoms with Crippen molar-refractivity contribution in [1.29, 1.82) is 0 Å². The van der Waals surface area contributed by atoms with Gasteiger partial charge in [-0.25, -0.2) is 0 Å². The molecule has 1 heterocycles. The molecule has 112 valence electrons. The molecule has 0 amide bonds. The van der Waals surface area contributed by atoms with Crippen molar-refractivity contribution in [2.45, 2.75) is 31.4 Å². The number of nitrogens with zero attached hydrogens (tertiary/aromatic N) is 1. The fourth-order valence-electron chi connectivity index (χ4n) is 2.45. The summed E-state index contributed by atoms with van der Waals surface area (Å²) in [6, 6.07) is 4.33.